The minimum absolute atomic E-state index is 0.129. The normalized spacial score (nSPS) is 11.9. The lowest BCUT2D eigenvalue weighted by molar-refractivity contribution is -0.385. The molecule has 0 heterocycles. The summed E-state index contributed by atoms with van der Waals surface area (Å²) in [6.07, 6.45) is 0. The first kappa shape index (κ1) is 36.0. The topological polar surface area (TPSA) is 219 Å². The molecule has 0 aliphatic rings. The van der Waals surface area contributed by atoms with E-state index in [0.29, 0.717) is 0 Å². The Labute approximate surface area is 281 Å². The second kappa shape index (κ2) is 15.3. The SMILES string of the molecule is C[C@H](CNC(=O)CN(c1cccc([N+](=O)[O-])c1)S(=O)(=O)c1ccccc1)NC(=O)CN(c1cccc([N+](=O)[O-])c1)S(=O)(=O)c1ccccc1. The first-order valence-corrected chi connectivity index (χ1v) is 17.3. The van der Waals surface area contributed by atoms with E-state index in [1.54, 1.807) is 12.1 Å². The molecular formula is C31H30N6O10S2. The highest BCUT2D eigenvalue weighted by Gasteiger charge is 2.30. The van der Waals surface area contributed by atoms with Crippen LogP contribution in [-0.2, 0) is 29.6 Å². The lowest BCUT2D eigenvalue weighted by Crippen LogP contribution is -2.48. The van der Waals surface area contributed by atoms with E-state index < -0.39 is 72.2 Å². The number of non-ortho nitro benzene ring substituents is 2. The summed E-state index contributed by atoms with van der Waals surface area (Å²) < 4.78 is 55.6. The maximum Gasteiger partial charge on any atom is 0.271 e. The second-order valence-corrected chi connectivity index (χ2v) is 14.2. The second-order valence-electron chi connectivity index (χ2n) is 10.5. The summed E-state index contributed by atoms with van der Waals surface area (Å²) in [6, 6.07) is 23.1. The Morgan fingerprint density at radius 1 is 0.653 bits per heavy atom. The average Bonchev–Trinajstić information content (AvgIpc) is 3.09. The van der Waals surface area contributed by atoms with Crippen LogP contribution in [0.25, 0.3) is 0 Å². The highest BCUT2D eigenvalue weighted by atomic mass is 32.2. The van der Waals surface area contributed by atoms with Gasteiger partial charge in [0.1, 0.15) is 13.1 Å². The maximum atomic E-state index is 13.5. The van der Waals surface area contributed by atoms with Gasteiger partial charge in [0.2, 0.25) is 11.8 Å². The van der Waals surface area contributed by atoms with Crippen molar-refractivity contribution < 1.29 is 36.3 Å². The van der Waals surface area contributed by atoms with Crippen molar-refractivity contribution in [1.82, 2.24) is 10.6 Å². The Hall–Kier alpha value is -5.88. The molecule has 0 spiro atoms. The molecule has 2 amide bonds. The van der Waals surface area contributed by atoms with Gasteiger partial charge in [0, 0.05) is 36.9 Å². The third-order valence-electron chi connectivity index (χ3n) is 6.91. The van der Waals surface area contributed by atoms with Gasteiger partial charge in [-0.25, -0.2) is 16.8 Å². The van der Waals surface area contributed by atoms with Gasteiger partial charge in [0.15, 0.2) is 0 Å². The molecule has 0 unspecified atom stereocenters. The van der Waals surface area contributed by atoms with Crippen LogP contribution in [0, 0.1) is 20.2 Å². The minimum Gasteiger partial charge on any atom is -0.352 e. The largest absolute Gasteiger partial charge is 0.352 e. The van der Waals surface area contributed by atoms with Crippen LogP contribution in [0.1, 0.15) is 6.92 Å². The highest BCUT2D eigenvalue weighted by molar-refractivity contribution is 7.93. The molecule has 1 atom stereocenters. The van der Waals surface area contributed by atoms with Crippen molar-refractivity contribution in [2.75, 3.05) is 28.2 Å². The summed E-state index contributed by atoms with van der Waals surface area (Å²) in [7, 11) is -8.72. The number of hydrogen-bond acceptors (Lipinski definition) is 10. The monoisotopic (exact) mass is 710 g/mol. The fourth-order valence-electron chi connectivity index (χ4n) is 4.55. The average molecular weight is 711 g/mol. The smallest absolute Gasteiger partial charge is 0.271 e. The predicted molar refractivity (Wildman–Crippen MR) is 179 cm³/mol. The van der Waals surface area contributed by atoms with E-state index in [1.807, 2.05) is 0 Å². The van der Waals surface area contributed by atoms with Gasteiger partial charge in [-0.05, 0) is 43.3 Å². The Morgan fingerprint density at radius 3 is 1.47 bits per heavy atom. The summed E-state index contributed by atoms with van der Waals surface area (Å²) in [5.74, 6) is -1.62. The van der Waals surface area contributed by atoms with Gasteiger partial charge in [-0.1, -0.05) is 48.5 Å². The third kappa shape index (κ3) is 8.93. The van der Waals surface area contributed by atoms with Gasteiger partial charge in [-0.15, -0.1) is 0 Å². The molecule has 0 fully saturated rings. The zero-order valence-electron chi connectivity index (χ0n) is 25.8. The molecule has 0 saturated carbocycles. The van der Waals surface area contributed by atoms with Crippen molar-refractivity contribution in [3.8, 4) is 0 Å². The number of sulfonamides is 2. The van der Waals surface area contributed by atoms with Crippen molar-refractivity contribution in [1.29, 1.82) is 0 Å². The summed E-state index contributed by atoms with van der Waals surface area (Å²) >= 11 is 0. The molecule has 16 nitrogen and oxygen atoms in total. The van der Waals surface area contributed by atoms with E-state index in [-0.39, 0.29) is 27.7 Å². The molecule has 4 aromatic carbocycles. The number of amides is 2. The van der Waals surface area contributed by atoms with Crippen LogP contribution in [0.3, 0.4) is 0 Å². The van der Waals surface area contributed by atoms with Crippen LogP contribution in [0.5, 0.6) is 0 Å². The molecule has 4 rings (SSSR count). The van der Waals surface area contributed by atoms with Crippen LogP contribution in [-0.4, -0.2) is 64.2 Å². The lowest BCUT2D eigenvalue weighted by Gasteiger charge is -2.25. The molecule has 0 radical (unpaired) electrons. The Balaban J connectivity index is 1.48. The summed E-state index contributed by atoms with van der Waals surface area (Å²) in [5.41, 5.74) is -1.04. The fraction of sp³-hybridized carbons (Fsp3) is 0.161. The van der Waals surface area contributed by atoms with E-state index >= 15 is 0 Å². The van der Waals surface area contributed by atoms with E-state index in [1.165, 1.54) is 91.9 Å². The van der Waals surface area contributed by atoms with Crippen molar-refractivity contribution in [3.05, 3.63) is 129 Å². The first-order valence-electron chi connectivity index (χ1n) is 14.4. The van der Waals surface area contributed by atoms with Gasteiger partial charge in [0.25, 0.3) is 31.4 Å². The number of nitrogens with one attached hydrogen (secondary N) is 2. The number of nitrogens with zero attached hydrogens (tertiary/aromatic N) is 4. The quantitative estimate of drug-likeness (QED) is 0.136. The van der Waals surface area contributed by atoms with Crippen LogP contribution in [0.15, 0.2) is 119 Å². The molecule has 256 valence electrons. The van der Waals surface area contributed by atoms with Gasteiger partial charge in [-0.3, -0.25) is 38.4 Å². The van der Waals surface area contributed by atoms with Crippen LogP contribution in [0.2, 0.25) is 0 Å². The van der Waals surface area contributed by atoms with Gasteiger partial charge < -0.3 is 10.6 Å². The Morgan fingerprint density at radius 2 is 1.06 bits per heavy atom. The van der Waals surface area contributed by atoms with E-state index in [0.717, 1.165) is 20.7 Å². The lowest BCUT2D eigenvalue weighted by atomic mass is 10.2. The number of hydrogen-bond donors (Lipinski definition) is 2. The summed E-state index contributed by atoms with van der Waals surface area (Å²) in [6.45, 7) is -0.261. The van der Waals surface area contributed by atoms with Crippen LogP contribution >= 0.6 is 0 Å². The molecule has 0 aromatic heterocycles. The maximum absolute atomic E-state index is 13.5. The zero-order valence-corrected chi connectivity index (χ0v) is 27.4. The molecule has 49 heavy (non-hydrogen) atoms. The van der Waals surface area contributed by atoms with Gasteiger partial charge in [-0.2, -0.15) is 0 Å². The highest BCUT2D eigenvalue weighted by Crippen LogP contribution is 2.28. The number of benzene rings is 4. The molecule has 4 aromatic rings. The predicted octanol–water partition coefficient (Wildman–Crippen LogP) is 3.21. The molecular weight excluding hydrogens is 681 g/mol. The van der Waals surface area contributed by atoms with Crippen molar-refractivity contribution in [3.63, 3.8) is 0 Å². The van der Waals surface area contributed by atoms with Crippen molar-refractivity contribution >= 4 is 54.6 Å². The van der Waals surface area contributed by atoms with E-state index in [2.05, 4.69) is 10.6 Å². The number of carbonyl (C=O) groups is 2. The molecule has 2 N–H and O–H groups in total. The summed E-state index contributed by atoms with van der Waals surface area (Å²) in [5, 5.41) is 27.8. The first-order chi connectivity index (χ1) is 23.2. The Bertz CT molecular complexity index is 2060. The number of nitro groups is 2. The number of rotatable bonds is 15. The third-order valence-corrected chi connectivity index (χ3v) is 10.5. The molecule has 18 heteroatoms. The van der Waals surface area contributed by atoms with Crippen LogP contribution in [0.4, 0.5) is 22.7 Å². The molecule has 0 aliphatic carbocycles. The van der Waals surface area contributed by atoms with Crippen molar-refractivity contribution in [2.45, 2.75) is 22.8 Å². The molecule has 0 aliphatic heterocycles. The van der Waals surface area contributed by atoms with Gasteiger partial charge in [0.05, 0.1) is 31.0 Å². The molecule has 0 saturated heterocycles. The zero-order chi connectivity index (χ0) is 35.8. The van der Waals surface area contributed by atoms with Gasteiger partial charge >= 0.3 is 0 Å². The van der Waals surface area contributed by atoms with E-state index in [9.17, 15) is 46.7 Å². The van der Waals surface area contributed by atoms with Crippen molar-refractivity contribution in [2.24, 2.45) is 0 Å². The minimum atomic E-state index is -4.36. The van der Waals surface area contributed by atoms with Crippen LogP contribution < -0.4 is 19.2 Å². The fourth-order valence-corrected chi connectivity index (χ4v) is 7.42. The number of anilines is 2. The summed E-state index contributed by atoms with van der Waals surface area (Å²) in [4.78, 5) is 47.2. The number of carbonyl (C=O) groups excluding carboxylic acids is 2. The van der Waals surface area contributed by atoms with E-state index in [4.69, 9.17) is 0 Å². The number of nitro benzene ring substituents is 2. The standard InChI is InChI=1S/C31H30N6O10S2/c1-23(33-31(39)22-35(25-11-9-13-27(19-25)37(42)43)49(46,47)29-16-6-3-7-17-29)20-32-30(38)21-34(24-10-8-12-26(18-24)36(40)41)48(44,45)28-14-4-2-5-15-28/h2-19,23H,20-22H2,1H3,(H,32,38)(H,33,39)/t23-/m1/s1. The Kier molecular flexibility index (Phi) is 11.3. The molecule has 0 bridgehead atoms.